The van der Waals surface area contributed by atoms with Crippen molar-refractivity contribution in [3.8, 4) is 5.75 Å². The maximum absolute atomic E-state index is 12.5. The molecule has 0 aliphatic carbocycles. The van der Waals surface area contributed by atoms with E-state index in [1.165, 1.54) is 60.7 Å². The fourth-order valence-corrected chi connectivity index (χ4v) is 6.18. The number of nitrogens with zero attached hydrogens (tertiary/aromatic N) is 3. The van der Waals surface area contributed by atoms with Crippen molar-refractivity contribution < 1.29 is 112 Å². The minimum atomic E-state index is -5.03. The van der Waals surface area contributed by atoms with Crippen LogP contribution in [0.3, 0.4) is 0 Å². The Kier molecular flexibility index (Phi) is 16.8. The van der Waals surface area contributed by atoms with E-state index in [0.29, 0.717) is 11.4 Å². The van der Waals surface area contributed by atoms with E-state index in [-0.39, 0.29) is 105 Å². The van der Waals surface area contributed by atoms with Gasteiger partial charge in [0, 0.05) is 22.7 Å². The molecule has 0 saturated carbocycles. The molecule has 19 nitrogen and oxygen atoms in total. The minimum Gasteiger partial charge on any atom is -0.744 e. The van der Waals surface area contributed by atoms with Crippen LogP contribution in [-0.4, -0.2) is 80.1 Å². The van der Waals surface area contributed by atoms with Gasteiger partial charge in [-0.3, -0.25) is 13.8 Å². The summed E-state index contributed by atoms with van der Waals surface area (Å²) in [5.74, 6) is -3.22. The molecule has 0 spiro atoms. The maximum Gasteiger partial charge on any atom is 1.00 e. The van der Waals surface area contributed by atoms with Gasteiger partial charge in [-0.1, -0.05) is 0 Å². The van der Waals surface area contributed by atoms with Crippen molar-refractivity contribution in [1.82, 2.24) is 15.0 Å². The molecule has 0 saturated heterocycles. The average Bonchev–Trinajstić information content (AvgIpc) is 3.01. The second-order valence-electron chi connectivity index (χ2n) is 9.61. The normalized spacial score (nSPS) is 11.3. The van der Waals surface area contributed by atoms with E-state index >= 15 is 0 Å². The van der Waals surface area contributed by atoms with Crippen molar-refractivity contribution in [1.29, 1.82) is 0 Å². The number of amides is 2. The molecule has 52 heavy (non-hydrogen) atoms. The Hall–Kier alpha value is -2.97. The average molecular weight is 816 g/mol. The molecule has 1 aromatic heterocycles. The predicted molar refractivity (Wildman–Crippen MR) is 175 cm³/mol. The molecule has 2 amide bonds. The number of carbonyl (C=O) groups is 2. The number of hydrogen-bond donors (Lipinski definition) is 4. The van der Waals surface area contributed by atoms with Crippen molar-refractivity contribution in [2.24, 2.45) is 0 Å². The van der Waals surface area contributed by atoms with Gasteiger partial charge in [0.1, 0.15) is 15.9 Å². The first-order valence-electron chi connectivity index (χ1n) is 13.8. The molecular formula is C27H24ClN7Na2O12S3. The Morgan fingerprint density at radius 1 is 0.731 bits per heavy atom. The first kappa shape index (κ1) is 45.2. The quantitative estimate of drug-likeness (QED) is 0.0410. The van der Waals surface area contributed by atoms with Crippen LogP contribution in [0.5, 0.6) is 5.75 Å². The molecule has 0 aliphatic heterocycles. The molecule has 0 fully saturated rings. The zero-order chi connectivity index (χ0) is 36.7. The third-order valence-electron chi connectivity index (χ3n) is 6.03. The van der Waals surface area contributed by atoms with Crippen LogP contribution in [0.15, 0.2) is 76.5 Å². The predicted octanol–water partition coefficient (Wildman–Crippen LogP) is -3.85. The molecule has 0 aliphatic rings. The summed E-state index contributed by atoms with van der Waals surface area (Å²) in [6.07, 6.45) is 0. The van der Waals surface area contributed by atoms with E-state index in [4.69, 9.17) is 16.3 Å². The van der Waals surface area contributed by atoms with Gasteiger partial charge in [0.25, 0.3) is 0 Å². The van der Waals surface area contributed by atoms with Crippen LogP contribution >= 0.6 is 11.6 Å². The largest absolute Gasteiger partial charge is 1.00 e. The van der Waals surface area contributed by atoms with E-state index in [1.54, 1.807) is 6.92 Å². The van der Waals surface area contributed by atoms with Crippen molar-refractivity contribution in [3.05, 3.63) is 72.0 Å². The number of halogens is 1. The summed E-state index contributed by atoms with van der Waals surface area (Å²) in [7, 11) is -13.9. The standard InChI is InChI=1S/C27H26ClN7O12S3.2Na/c1-2-46-21-12-9-19(15-22(21)49(40,41)42)30-24(37)23(36)29-16-3-5-17(6-4-16)31-26-33-25(28)34-27(35-26)32-18-7-10-20(11-8-18)48(38,39)14-13-47-50(43,44)45;;/h3-12,15H,2,13-14H2,1H3,(H,29,36)(H,30,37)(H,40,41,42)(H,43,44,45)(H2,31,32,33,34,35);;/q;2*+1/p-2. The molecule has 4 rings (SSSR count). The van der Waals surface area contributed by atoms with E-state index in [0.717, 1.165) is 6.07 Å². The van der Waals surface area contributed by atoms with Crippen molar-refractivity contribution in [3.63, 3.8) is 0 Å². The van der Waals surface area contributed by atoms with Crippen molar-refractivity contribution in [2.75, 3.05) is 40.2 Å². The molecule has 4 N–H and O–H groups in total. The Labute approximate surface area is 346 Å². The number of nitrogens with one attached hydrogen (secondary N) is 4. The number of carbonyl (C=O) groups excluding carboxylic acids is 2. The first-order valence-corrected chi connectivity index (χ1v) is 18.5. The molecule has 3 aromatic carbocycles. The van der Waals surface area contributed by atoms with Crippen LogP contribution in [0.2, 0.25) is 5.28 Å². The summed E-state index contributed by atoms with van der Waals surface area (Å²) in [5.41, 5.74) is 0.843. The van der Waals surface area contributed by atoms with Crippen LogP contribution in [0.1, 0.15) is 6.92 Å². The number of benzene rings is 3. The molecule has 0 unspecified atom stereocenters. The van der Waals surface area contributed by atoms with Crippen LogP contribution in [0.4, 0.5) is 34.6 Å². The summed E-state index contributed by atoms with van der Waals surface area (Å²) in [6, 6.07) is 14.4. The van der Waals surface area contributed by atoms with Crippen LogP contribution < -0.4 is 85.1 Å². The van der Waals surface area contributed by atoms with E-state index in [2.05, 4.69) is 40.4 Å². The Morgan fingerprint density at radius 2 is 1.21 bits per heavy atom. The van der Waals surface area contributed by atoms with Crippen molar-refractivity contribution in [2.45, 2.75) is 16.7 Å². The SMILES string of the molecule is CCOc1ccc(NC(=O)C(=O)Nc2ccc(Nc3nc(Cl)nc(Nc4ccc(S(=O)(=O)CCOS(=O)(=O)[O-])cc4)n3)cc2)cc1S(=O)(=O)[O-].[Na+].[Na+]. The topological polar surface area (TPSA) is 288 Å². The molecule has 4 aromatic rings. The molecule has 0 atom stereocenters. The second kappa shape index (κ2) is 19.4. The molecule has 1 heterocycles. The monoisotopic (exact) mass is 815 g/mol. The zero-order valence-electron chi connectivity index (χ0n) is 27.3. The number of aromatic nitrogens is 3. The summed E-state index contributed by atoms with van der Waals surface area (Å²) in [6.45, 7) is 0.841. The Morgan fingerprint density at radius 3 is 1.71 bits per heavy atom. The van der Waals surface area contributed by atoms with Gasteiger partial charge in [-0.25, -0.2) is 25.3 Å². The minimum absolute atomic E-state index is 0. The fraction of sp³-hybridized carbons (Fsp3) is 0.148. The van der Waals surface area contributed by atoms with E-state index < -0.39 is 59.4 Å². The Balaban J connectivity index is 0.00000468. The first-order chi connectivity index (χ1) is 23.4. The van der Waals surface area contributed by atoms with Crippen molar-refractivity contribution >= 4 is 88.4 Å². The molecule has 25 heteroatoms. The summed E-state index contributed by atoms with van der Waals surface area (Å²) >= 11 is 6.04. The third-order valence-corrected chi connectivity index (χ3v) is 9.21. The van der Waals surface area contributed by atoms with Gasteiger partial charge >= 0.3 is 70.9 Å². The fourth-order valence-electron chi connectivity index (χ4n) is 3.90. The summed E-state index contributed by atoms with van der Waals surface area (Å²) in [4.78, 5) is 36.2. The van der Waals surface area contributed by atoms with Gasteiger partial charge in [-0.15, -0.1) is 0 Å². The second-order valence-corrected chi connectivity index (χ2v) is 14.5. The molecular weight excluding hydrogens is 792 g/mol. The van der Waals surface area contributed by atoms with Crippen LogP contribution in [-0.2, 0) is 44.1 Å². The molecule has 0 radical (unpaired) electrons. The van der Waals surface area contributed by atoms with Crippen LogP contribution in [0.25, 0.3) is 0 Å². The van der Waals surface area contributed by atoms with Gasteiger partial charge in [0.05, 0.1) is 28.8 Å². The van der Waals surface area contributed by atoms with Crippen LogP contribution in [0, 0.1) is 0 Å². The number of anilines is 6. The third kappa shape index (κ3) is 13.8. The van der Waals surface area contributed by atoms with E-state index in [9.17, 15) is 43.9 Å². The number of hydrogen-bond acceptors (Lipinski definition) is 17. The number of rotatable bonds is 14. The smallest absolute Gasteiger partial charge is 0.744 e. The van der Waals surface area contributed by atoms with Gasteiger partial charge in [-0.2, -0.15) is 15.0 Å². The maximum atomic E-state index is 12.5. The molecule has 0 bridgehead atoms. The number of sulfone groups is 1. The van der Waals surface area contributed by atoms with Gasteiger partial charge < -0.3 is 35.1 Å². The zero-order valence-corrected chi connectivity index (χ0v) is 34.5. The molecule has 266 valence electrons. The Bertz CT molecular complexity index is 2240. The number of ether oxygens (including phenoxy) is 1. The summed E-state index contributed by atoms with van der Waals surface area (Å²) < 4.78 is 100. The van der Waals surface area contributed by atoms with Gasteiger partial charge in [0.2, 0.25) is 27.6 Å². The van der Waals surface area contributed by atoms with E-state index in [1.807, 2.05) is 0 Å². The van der Waals surface area contributed by atoms with Gasteiger partial charge in [-0.05, 0) is 85.3 Å². The van der Waals surface area contributed by atoms with Gasteiger partial charge in [0.15, 0.2) is 9.84 Å². The summed E-state index contributed by atoms with van der Waals surface area (Å²) in [5, 5.41) is 10.1.